The van der Waals surface area contributed by atoms with Gasteiger partial charge in [0.05, 0.1) is 23.3 Å². The van der Waals surface area contributed by atoms with E-state index in [-0.39, 0.29) is 10.6 Å². The van der Waals surface area contributed by atoms with Gasteiger partial charge in [-0.2, -0.15) is 13.2 Å². The zero-order valence-corrected chi connectivity index (χ0v) is 11.6. The summed E-state index contributed by atoms with van der Waals surface area (Å²) in [6.07, 6.45) is -4.37. The Balaban J connectivity index is 2.35. The largest absolute Gasteiger partial charge is 0.465 e. The van der Waals surface area contributed by atoms with Gasteiger partial charge in [0.15, 0.2) is 0 Å². The minimum atomic E-state index is -4.37. The van der Waals surface area contributed by atoms with Crippen molar-refractivity contribution in [1.82, 2.24) is 0 Å². The van der Waals surface area contributed by atoms with Crippen molar-refractivity contribution in [2.75, 3.05) is 7.11 Å². The summed E-state index contributed by atoms with van der Waals surface area (Å²) in [4.78, 5) is 11.4. The molecule has 0 aliphatic rings. The first-order valence-corrected chi connectivity index (χ1v) is 6.26. The Bertz CT molecular complexity index is 664. The summed E-state index contributed by atoms with van der Waals surface area (Å²) in [5.74, 6) is -0.570. The highest BCUT2D eigenvalue weighted by atomic mass is 35.5. The van der Waals surface area contributed by atoms with Crippen LogP contribution in [0.3, 0.4) is 0 Å². The van der Waals surface area contributed by atoms with Crippen molar-refractivity contribution < 1.29 is 22.7 Å². The number of carbonyl (C=O) groups is 1. The van der Waals surface area contributed by atoms with Crippen LogP contribution in [-0.4, -0.2) is 13.1 Å². The summed E-state index contributed by atoms with van der Waals surface area (Å²) in [7, 11) is 1.24. The monoisotopic (exact) mass is 314 g/mol. The van der Waals surface area contributed by atoms with E-state index in [0.717, 1.165) is 12.1 Å². The molecule has 6 heteroatoms. The first-order chi connectivity index (χ1) is 9.82. The SMILES string of the molecule is COC(=O)c1ccc(-c2ccc(C(F)(F)F)cc2)cc1Cl. The van der Waals surface area contributed by atoms with Crippen LogP contribution in [-0.2, 0) is 10.9 Å². The lowest BCUT2D eigenvalue weighted by Crippen LogP contribution is -2.04. The van der Waals surface area contributed by atoms with Gasteiger partial charge in [0, 0.05) is 0 Å². The molecule has 0 aromatic heterocycles. The Morgan fingerprint density at radius 2 is 1.62 bits per heavy atom. The summed E-state index contributed by atoms with van der Waals surface area (Å²) in [6.45, 7) is 0. The van der Waals surface area contributed by atoms with Crippen molar-refractivity contribution in [3.8, 4) is 11.1 Å². The Labute approximate surface area is 124 Å². The third-order valence-electron chi connectivity index (χ3n) is 2.92. The van der Waals surface area contributed by atoms with E-state index in [4.69, 9.17) is 11.6 Å². The summed E-state index contributed by atoms with van der Waals surface area (Å²) >= 11 is 5.98. The number of hydrogen-bond acceptors (Lipinski definition) is 2. The number of carbonyl (C=O) groups excluding carboxylic acids is 1. The van der Waals surface area contributed by atoms with E-state index in [1.54, 1.807) is 6.07 Å². The van der Waals surface area contributed by atoms with Gasteiger partial charge >= 0.3 is 12.1 Å². The van der Waals surface area contributed by atoms with Crippen LogP contribution in [0.25, 0.3) is 11.1 Å². The lowest BCUT2D eigenvalue weighted by Gasteiger charge is -2.09. The maximum Gasteiger partial charge on any atom is 0.416 e. The first kappa shape index (κ1) is 15.4. The average molecular weight is 315 g/mol. The van der Waals surface area contributed by atoms with Crippen LogP contribution in [0.1, 0.15) is 15.9 Å². The Morgan fingerprint density at radius 3 is 2.10 bits per heavy atom. The smallest absolute Gasteiger partial charge is 0.416 e. The molecule has 2 aromatic rings. The maximum absolute atomic E-state index is 12.5. The van der Waals surface area contributed by atoms with Gasteiger partial charge in [-0.1, -0.05) is 29.8 Å². The van der Waals surface area contributed by atoms with Gasteiger partial charge in [0.1, 0.15) is 0 Å². The van der Waals surface area contributed by atoms with Crippen LogP contribution >= 0.6 is 11.6 Å². The third kappa shape index (κ3) is 3.36. The Morgan fingerprint density at radius 1 is 1.05 bits per heavy atom. The molecule has 21 heavy (non-hydrogen) atoms. The van der Waals surface area contributed by atoms with E-state index in [0.29, 0.717) is 11.1 Å². The number of hydrogen-bond donors (Lipinski definition) is 0. The van der Waals surface area contributed by atoms with E-state index in [1.165, 1.54) is 31.4 Å². The molecular weight excluding hydrogens is 305 g/mol. The second-order valence-electron chi connectivity index (χ2n) is 4.26. The first-order valence-electron chi connectivity index (χ1n) is 5.88. The predicted octanol–water partition coefficient (Wildman–Crippen LogP) is 4.81. The van der Waals surface area contributed by atoms with Crippen LogP contribution in [0.4, 0.5) is 13.2 Å². The highest BCUT2D eigenvalue weighted by Gasteiger charge is 2.29. The zero-order valence-electron chi connectivity index (χ0n) is 10.9. The topological polar surface area (TPSA) is 26.3 Å². The molecule has 0 bridgehead atoms. The van der Waals surface area contributed by atoms with Crippen molar-refractivity contribution >= 4 is 17.6 Å². The molecule has 0 unspecified atom stereocenters. The number of rotatable bonds is 2. The molecule has 0 fully saturated rings. The van der Waals surface area contributed by atoms with Crippen molar-refractivity contribution in [3.05, 3.63) is 58.6 Å². The van der Waals surface area contributed by atoms with Crippen LogP contribution in [0, 0.1) is 0 Å². The third-order valence-corrected chi connectivity index (χ3v) is 3.23. The fourth-order valence-electron chi connectivity index (χ4n) is 1.82. The second kappa shape index (κ2) is 5.77. The standard InChI is InChI=1S/C15H10ClF3O2/c1-21-14(20)12-7-4-10(8-13(12)16)9-2-5-11(6-3-9)15(17,18)19/h2-8H,1H3. The highest BCUT2D eigenvalue weighted by molar-refractivity contribution is 6.33. The lowest BCUT2D eigenvalue weighted by atomic mass is 10.0. The fraction of sp³-hybridized carbons (Fsp3) is 0.133. The predicted molar refractivity (Wildman–Crippen MR) is 73.2 cm³/mol. The van der Waals surface area contributed by atoms with Gasteiger partial charge in [-0.3, -0.25) is 0 Å². The van der Waals surface area contributed by atoms with Crippen molar-refractivity contribution in [2.24, 2.45) is 0 Å². The summed E-state index contributed by atoms with van der Waals surface area (Å²) < 4.78 is 42.1. The van der Waals surface area contributed by atoms with E-state index in [1.807, 2.05) is 0 Å². The Kier molecular flexibility index (Phi) is 4.23. The number of ether oxygens (including phenoxy) is 1. The molecule has 2 aromatic carbocycles. The van der Waals surface area contributed by atoms with E-state index in [2.05, 4.69) is 4.74 Å². The van der Waals surface area contributed by atoms with Crippen molar-refractivity contribution in [3.63, 3.8) is 0 Å². The van der Waals surface area contributed by atoms with Gasteiger partial charge in [-0.05, 0) is 35.4 Å². The van der Waals surface area contributed by atoms with Crippen molar-refractivity contribution in [2.45, 2.75) is 6.18 Å². The molecule has 0 aliphatic heterocycles. The molecular formula is C15H10ClF3O2. The summed E-state index contributed by atoms with van der Waals surface area (Å²) in [5.41, 5.74) is 0.668. The lowest BCUT2D eigenvalue weighted by molar-refractivity contribution is -0.137. The van der Waals surface area contributed by atoms with Crippen LogP contribution in [0.5, 0.6) is 0 Å². The number of halogens is 4. The van der Waals surface area contributed by atoms with Crippen LogP contribution < -0.4 is 0 Å². The molecule has 0 saturated carbocycles. The molecule has 0 N–H and O–H groups in total. The quantitative estimate of drug-likeness (QED) is 0.743. The van der Waals surface area contributed by atoms with Gasteiger partial charge in [-0.15, -0.1) is 0 Å². The molecule has 0 amide bonds. The van der Waals surface area contributed by atoms with Gasteiger partial charge < -0.3 is 4.74 Å². The molecule has 2 rings (SSSR count). The van der Waals surface area contributed by atoms with Gasteiger partial charge in [-0.25, -0.2) is 4.79 Å². The molecule has 0 saturated heterocycles. The average Bonchev–Trinajstić information content (AvgIpc) is 2.45. The van der Waals surface area contributed by atoms with Crippen LogP contribution in [0.15, 0.2) is 42.5 Å². The van der Waals surface area contributed by atoms with E-state index < -0.39 is 17.7 Å². The van der Waals surface area contributed by atoms with Gasteiger partial charge in [0.2, 0.25) is 0 Å². The second-order valence-corrected chi connectivity index (χ2v) is 4.67. The highest BCUT2D eigenvalue weighted by Crippen LogP contribution is 2.32. The molecule has 0 aliphatic carbocycles. The van der Waals surface area contributed by atoms with E-state index in [9.17, 15) is 18.0 Å². The van der Waals surface area contributed by atoms with Crippen molar-refractivity contribution in [1.29, 1.82) is 0 Å². The number of alkyl halides is 3. The normalized spacial score (nSPS) is 11.3. The molecule has 0 heterocycles. The maximum atomic E-state index is 12.5. The molecule has 110 valence electrons. The number of methoxy groups -OCH3 is 1. The van der Waals surface area contributed by atoms with E-state index >= 15 is 0 Å². The molecule has 0 atom stereocenters. The zero-order chi connectivity index (χ0) is 15.6. The number of esters is 1. The molecule has 2 nitrogen and oxygen atoms in total. The van der Waals surface area contributed by atoms with Crippen LogP contribution in [0.2, 0.25) is 5.02 Å². The summed E-state index contributed by atoms with van der Waals surface area (Å²) in [5, 5.41) is 0.180. The minimum absolute atomic E-state index is 0.180. The minimum Gasteiger partial charge on any atom is -0.465 e. The fourth-order valence-corrected chi connectivity index (χ4v) is 2.08. The number of benzene rings is 2. The summed E-state index contributed by atoms with van der Waals surface area (Å²) in [6, 6.07) is 9.28. The van der Waals surface area contributed by atoms with Gasteiger partial charge in [0.25, 0.3) is 0 Å². The Hall–Kier alpha value is -2.01. The molecule has 0 radical (unpaired) electrons. The molecule has 0 spiro atoms.